The first-order valence-electron chi connectivity index (χ1n) is 5.59. The first-order chi connectivity index (χ1) is 8.70. The number of aliphatic hydroxyl groups is 2. The second-order valence-electron chi connectivity index (χ2n) is 4.21. The summed E-state index contributed by atoms with van der Waals surface area (Å²) in [6.45, 7) is -0.187. The molecule has 7 heteroatoms. The molecule has 0 radical (unpaired) electrons. The summed E-state index contributed by atoms with van der Waals surface area (Å²) in [7, 11) is 0. The minimum Gasteiger partial charge on any atom is -0.394 e. The van der Waals surface area contributed by atoms with Crippen LogP contribution in [-0.4, -0.2) is 38.6 Å². The number of pyridine rings is 1. The quantitative estimate of drug-likeness (QED) is 0.817. The maximum Gasteiger partial charge on any atom is 0.137 e. The van der Waals surface area contributed by atoms with Crippen molar-refractivity contribution in [1.29, 1.82) is 0 Å². The van der Waals surface area contributed by atoms with Gasteiger partial charge >= 0.3 is 0 Å². The Bertz CT molecular complexity index is 624. The number of thiazole rings is 1. The third kappa shape index (κ3) is 1.88. The molecule has 3 rings (SSSR count). The van der Waals surface area contributed by atoms with Crippen molar-refractivity contribution in [3.8, 4) is 0 Å². The van der Waals surface area contributed by atoms with E-state index in [0.717, 1.165) is 10.2 Å². The Kier molecular flexibility index (Phi) is 3.16. The zero-order valence-electron chi connectivity index (χ0n) is 9.39. The number of hydrogen-bond donors (Lipinski definition) is 2. The molecule has 1 saturated heterocycles. The summed E-state index contributed by atoms with van der Waals surface area (Å²) in [6, 6.07) is 1.88. The third-order valence-corrected chi connectivity index (χ3v) is 4.50. The molecule has 18 heavy (non-hydrogen) atoms. The maximum atomic E-state index is 9.74. The normalized spacial score (nSPS) is 28.0. The highest BCUT2D eigenvalue weighted by Gasteiger charge is 2.34. The molecule has 0 aliphatic carbocycles. The van der Waals surface area contributed by atoms with Crippen molar-refractivity contribution in [2.24, 2.45) is 0 Å². The summed E-state index contributed by atoms with van der Waals surface area (Å²) in [5.41, 5.74) is 2.63. The minimum atomic E-state index is -0.654. The Morgan fingerprint density at radius 1 is 1.61 bits per heavy atom. The second-order valence-corrected chi connectivity index (χ2v) is 5.45. The van der Waals surface area contributed by atoms with E-state index in [4.69, 9.17) is 22.1 Å². The summed E-state index contributed by atoms with van der Waals surface area (Å²) in [4.78, 5) is 4.20. The number of rotatable bonds is 2. The van der Waals surface area contributed by atoms with Crippen molar-refractivity contribution in [2.75, 3.05) is 6.61 Å². The van der Waals surface area contributed by atoms with Gasteiger partial charge in [-0.25, -0.2) is 4.98 Å². The molecule has 1 fully saturated rings. The highest BCUT2D eigenvalue weighted by Crippen LogP contribution is 2.30. The van der Waals surface area contributed by atoms with Gasteiger partial charge in [0.05, 0.1) is 28.4 Å². The molecule has 0 saturated carbocycles. The van der Waals surface area contributed by atoms with Gasteiger partial charge in [0.1, 0.15) is 17.0 Å². The molecule has 2 N–H and O–H groups in total. The first kappa shape index (κ1) is 12.2. The fourth-order valence-electron chi connectivity index (χ4n) is 2.15. The Balaban J connectivity index is 2.00. The Labute approximate surface area is 112 Å². The first-order valence-corrected chi connectivity index (χ1v) is 6.88. The number of hydrogen-bond acceptors (Lipinski definition) is 6. The van der Waals surface area contributed by atoms with Gasteiger partial charge in [-0.05, 0) is 6.07 Å². The third-order valence-electron chi connectivity index (χ3n) is 3.11. The molecule has 3 unspecified atom stereocenters. The standard InChI is InChI=1S/C11H12N2O3S2/c14-4-8-7(15)3-9(16-8)13-2-1-6-10(11(13)17)18-5-12-6/h1-2,5,7-9,14-15H,3-4H2. The molecule has 1 aliphatic rings. The molecule has 0 amide bonds. The minimum absolute atomic E-state index is 0.187. The molecule has 0 aromatic carbocycles. The maximum absolute atomic E-state index is 9.74. The lowest BCUT2D eigenvalue weighted by Crippen LogP contribution is -2.24. The van der Waals surface area contributed by atoms with Crippen molar-refractivity contribution in [2.45, 2.75) is 24.9 Å². The van der Waals surface area contributed by atoms with Crippen molar-refractivity contribution in [1.82, 2.24) is 9.55 Å². The zero-order chi connectivity index (χ0) is 12.7. The number of nitrogens with zero attached hydrogens (tertiary/aromatic N) is 2. The molecular formula is C11H12N2O3S2. The zero-order valence-corrected chi connectivity index (χ0v) is 11.0. The van der Waals surface area contributed by atoms with E-state index >= 15 is 0 Å². The largest absolute Gasteiger partial charge is 0.394 e. The van der Waals surface area contributed by atoms with E-state index in [2.05, 4.69) is 4.98 Å². The van der Waals surface area contributed by atoms with E-state index in [1.807, 2.05) is 16.8 Å². The summed E-state index contributed by atoms with van der Waals surface area (Å²) in [5, 5.41) is 18.8. The lowest BCUT2D eigenvalue weighted by atomic mass is 10.2. The monoisotopic (exact) mass is 284 g/mol. The van der Waals surface area contributed by atoms with E-state index in [1.165, 1.54) is 11.3 Å². The highest BCUT2D eigenvalue weighted by molar-refractivity contribution is 7.71. The van der Waals surface area contributed by atoms with Gasteiger partial charge in [-0.2, -0.15) is 0 Å². The van der Waals surface area contributed by atoms with Gasteiger partial charge in [-0.3, -0.25) is 0 Å². The van der Waals surface area contributed by atoms with Gasteiger partial charge < -0.3 is 19.5 Å². The molecule has 2 aromatic heterocycles. The summed E-state index contributed by atoms with van der Waals surface area (Å²) in [5.74, 6) is 0. The SMILES string of the molecule is OCC1OC(n2ccc3ncsc3c2=S)CC1O. The van der Waals surface area contributed by atoms with Crippen molar-refractivity contribution in [3.05, 3.63) is 22.4 Å². The van der Waals surface area contributed by atoms with Crippen molar-refractivity contribution in [3.63, 3.8) is 0 Å². The second kappa shape index (κ2) is 4.67. The molecule has 5 nitrogen and oxygen atoms in total. The van der Waals surface area contributed by atoms with Gasteiger partial charge in [0.25, 0.3) is 0 Å². The average Bonchev–Trinajstić information content (AvgIpc) is 2.96. The fourth-order valence-corrected chi connectivity index (χ4v) is 3.29. The lowest BCUT2D eigenvalue weighted by molar-refractivity contribution is -0.0447. The molecular weight excluding hydrogens is 272 g/mol. The fraction of sp³-hybridized carbons (Fsp3) is 0.455. The lowest BCUT2D eigenvalue weighted by Gasteiger charge is -2.15. The Morgan fingerprint density at radius 2 is 2.44 bits per heavy atom. The Hall–Kier alpha value is -0.860. The van der Waals surface area contributed by atoms with E-state index in [0.29, 0.717) is 11.1 Å². The van der Waals surface area contributed by atoms with Crippen LogP contribution < -0.4 is 0 Å². The van der Waals surface area contributed by atoms with Crippen LogP contribution >= 0.6 is 23.6 Å². The van der Waals surface area contributed by atoms with Crippen LogP contribution in [-0.2, 0) is 4.74 Å². The Morgan fingerprint density at radius 3 is 3.17 bits per heavy atom. The predicted molar refractivity (Wildman–Crippen MR) is 70.1 cm³/mol. The van der Waals surface area contributed by atoms with Gasteiger partial charge in [0.2, 0.25) is 0 Å². The van der Waals surface area contributed by atoms with E-state index < -0.39 is 12.2 Å². The van der Waals surface area contributed by atoms with Crippen LogP contribution in [0.4, 0.5) is 0 Å². The van der Waals surface area contributed by atoms with Crippen LogP contribution in [0.2, 0.25) is 0 Å². The smallest absolute Gasteiger partial charge is 0.137 e. The molecule has 3 heterocycles. The summed E-state index contributed by atoms with van der Waals surface area (Å²) >= 11 is 6.90. The number of aliphatic hydroxyl groups excluding tert-OH is 2. The van der Waals surface area contributed by atoms with Gasteiger partial charge in [-0.1, -0.05) is 12.2 Å². The molecule has 96 valence electrons. The van der Waals surface area contributed by atoms with E-state index in [-0.39, 0.29) is 12.8 Å². The number of fused-ring (bicyclic) bond motifs is 1. The average molecular weight is 284 g/mol. The number of aromatic nitrogens is 2. The number of ether oxygens (including phenoxy) is 1. The van der Waals surface area contributed by atoms with Gasteiger partial charge in [-0.15, -0.1) is 11.3 Å². The van der Waals surface area contributed by atoms with Crippen molar-refractivity contribution >= 4 is 33.8 Å². The molecule has 0 spiro atoms. The van der Waals surface area contributed by atoms with Crippen molar-refractivity contribution < 1.29 is 14.9 Å². The van der Waals surface area contributed by atoms with Crippen LogP contribution in [0, 0.1) is 4.64 Å². The highest BCUT2D eigenvalue weighted by atomic mass is 32.1. The van der Waals surface area contributed by atoms with Gasteiger partial charge in [0, 0.05) is 12.6 Å². The van der Waals surface area contributed by atoms with Gasteiger partial charge in [0.15, 0.2) is 0 Å². The van der Waals surface area contributed by atoms with Crippen LogP contribution in [0.5, 0.6) is 0 Å². The van der Waals surface area contributed by atoms with Crippen LogP contribution in [0.1, 0.15) is 12.6 Å². The van der Waals surface area contributed by atoms with Crippen LogP contribution in [0.15, 0.2) is 17.8 Å². The molecule has 0 bridgehead atoms. The summed E-state index contributed by atoms with van der Waals surface area (Å²) in [6.07, 6.45) is 0.745. The summed E-state index contributed by atoms with van der Waals surface area (Å²) < 4.78 is 9.01. The van der Waals surface area contributed by atoms with E-state index in [1.54, 1.807) is 5.51 Å². The van der Waals surface area contributed by atoms with Crippen LogP contribution in [0.3, 0.4) is 0 Å². The predicted octanol–water partition coefficient (Wildman–Crippen LogP) is 1.47. The molecule has 1 aliphatic heterocycles. The topological polar surface area (TPSA) is 67.5 Å². The van der Waals surface area contributed by atoms with Crippen LogP contribution in [0.25, 0.3) is 10.2 Å². The molecule has 3 atom stereocenters. The van der Waals surface area contributed by atoms with E-state index in [9.17, 15) is 5.11 Å². The molecule has 2 aromatic rings.